The first-order chi connectivity index (χ1) is 21.6. The molecule has 4 rings (SSSR count). The number of amides is 4. The number of aromatic nitrogens is 3. The molecule has 236 valence electrons. The van der Waals surface area contributed by atoms with Gasteiger partial charge in [0.2, 0.25) is 5.91 Å². The number of hydrogen-bond acceptors (Lipinski definition) is 9. The highest BCUT2D eigenvalue weighted by molar-refractivity contribution is 5.99. The Balaban J connectivity index is 1.37. The zero-order chi connectivity index (χ0) is 32.5. The SMILES string of the molecule is CCN(C(=O)N(C)CCc1ccccn1)c1nc2ccc(NC(=O)CCCNC(=O)c3cnccc3N(C)C)c(C)c2c(=O)o1. The number of aryl methyl sites for hydroxylation is 1. The summed E-state index contributed by atoms with van der Waals surface area (Å²) in [6.07, 6.45) is 5.97. The van der Waals surface area contributed by atoms with E-state index in [-0.39, 0.29) is 42.2 Å². The van der Waals surface area contributed by atoms with Crippen molar-refractivity contribution in [3.8, 4) is 0 Å². The van der Waals surface area contributed by atoms with Gasteiger partial charge in [0.1, 0.15) is 0 Å². The van der Waals surface area contributed by atoms with Crippen molar-refractivity contribution >= 4 is 46.1 Å². The molecule has 0 unspecified atom stereocenters. The number of rotatable bonds is 12. The van der Waals surface area contributed by atoms with Crippen LogP contribution in [0.3, 0.4) is 0 Å². The molecule has 0 spiro atoms. The van der Waals surface area contributed by atoms with Crippen molar-refractivity contribution in [2.45, 2.75) is 33.1 Å². The molecule has 0 aliphatic heterocycles. The summed E-state index contributed by atoms with van der Waals surface area (Å²) >= 11 is 0. The van der Waals surface area contributed by atoms with E-state index in [0.717, 1.165) is 11.4 Å². The van der Waals surface area contributed by atoms with E-state index in [0.29, 0.717) is 48.3 Å². The number of carbonyl (C=O) groups is 3. The van der Waals surface area contributed by atoms with Gasteiger partial charge in [-0.2, -0.15) is 4.98 Å². The van der Waals surface area contributed by atoms with E-state index in [2.05, 4.69) is 25.6 Å². The molecule has 4 aromatic rings. The van der Waals surface area contributed by atoms with Crippen LogP contribution in [0, 0.1) is 6.92 Å². The maximum absolute atomic E-state index is 13.2. The second kappa shape index (κ2) is 14.9. The fraction of sp³-hybridized carbons (Fsp3) is 0.344. The molecule has 4 amide bonds. The molecule has 0 saturated carbocycles. The number of nitrogens with zero attached hydrogens (tertiary/aromatic N) is 6. The molecule has 3 aromatic heterocycles. The van der Waals surface area contributed by atoms with Gasteiger partial charge in [-0.1, -0.05) is 6.07 Å². The van der Waals surface area contributed by atoms with Crippen LogP contribution in [-0.4, -0.2) is 78.5 Å². The monoisotopic (exact) mass is 614 g/mol. The first-order valence-corrected chi connectivity index (χ1v) is 14.7. The summed E-state index contributed by atoms with van der Waals surface area (Å²) in [4.78, 5) is 69.1. The number of carbonyl (C=O) groups excluding carboxylic acids is 3. The minimum Gasteiger partial charge on any atom is -0.388 e. The first-order valence-electron chi connectivity index (χ1n) is 14.7. The van der Waals surface area contributed by atoms with Gasteiger partial charge < -0.3 is 24.9 Å². The van der Waals surface area contributed by atoms with Crippen molar-refractivity contribution in [3.63, 3.8) is 0 Å². The Morgan fingerprint density at radius 3 is 2.53 bits per heavy atom. The van der Waals surface area contributed by atoms with Crippen LogP contribution in [0.25, 0.3) is 10.9 Å². The molecule has 0 saturated heterocycles. The molecule has 2 N–H and O–H groups in total. The van der Waals surface area contributed by atoms with Crippen LogP contribution in [0.2, 0.25) is 0 Å². The van der Waals surface area contributed by atoms with E-state index in [1.165, 1.54) is 16.0 Å². The molecule has 0 bridgehead atoms. The Morgan fingerprint density at radius 1 is 1.02 bits per heavy atom. The lowest BCUT2D eigenvalue weighted by atomic mass is 10.1. The average Bonchev–Trinajstić information content (AvgIpc) is 3.03. The molecular formula is C32H38N8O5. The smallest absolute Gasteiger partial charge is 0.348 e. The summed E-state index contributed by atoms with van der Waals surface area (Å²) in [7, 11) is 5.36. The molecule has 0 radical (unpaired) electrons. The molecule has 3 heterocycles. The Bertz CT molecular complexity index is 1720. The predicted molar refractivity (Wildman–Crippen MR) is 173 cm³/mol. The number of likely N-dealkylation sites (N-methyl/N-ethyl adjacent to an activating group) is 1. The average molecular weight is 615 g/mol. The zero-order valence-electron chi connectivity index (χ0n) is 26.2. The number of anilines is 3. The van der Waals surface area contributed by atoms with Crippen LogP contribution in [0.15, 0.2) is 64.2 Å². The normalized spacial score (nSPS) is 10.8. The molecule has 0 fully saturated rings. The summed E-state index contributed by atoms with van der Waals surface area (Å²) in [6, 6.07) is 10.2. The van der Waals surface area contributed by atoms with Gasteiger partial charge in [0.25, 0.3) is 5.91 Å². The van der Waals surface area contributed by atoms with Crippen molar-refractivity contribution in [2.75, 3.05) is 55.9 Å². The number of pyridine rings is 2. The molecule has 1 aromatic carbocycles. The quantitative estimate of drug-likeness (QED) is 0.228. The highest BCUT2D eigenvalue weighted by Gasteiger charge is 2.24. The van der Waals surface area contributed by atoms with Crippen molar-refractivity contribution in [3.05, 3.63) is 82.2 Å². The van der Waals surface area contributed by atoms with E-state index in [4.69, 9.17) is 4.42 Å². The van der Waals surface area contributed by atoms with Crippen LogP contribution in [0.4, 0.5) is 22.2 Å². The Kier molecular flexibility index (Phi) is 10.8. The van der Waals surface area contributed by atoms with E-state index in [1.54, 1.807) is 51.5 Å². The fourth-order valence-corrected chi connectivity index (χ4v) is 4.75. The minimum atomic E-state index is -0.666. The summed E-state index contributed by atoms with van der Waals surface area (Å²) in [5, 5.41) is 5.87. The van der Waals surface area contributed by atoms with E-state index < -0.39 is 5.63 Å². The molecular weight excluding hydrogens is 576 g/mol. The summed E-state index contributed by atoms with van der Waals surface area (Å²) in [6.45, 7) is 4.42. The van der Waals surface area contributed by atoms with Gasteiger partial charge in [-0.15, -0.1) is 0 Å². The second-order valence-corrected chi connectivity index (χ2v) is 10.6. The second-order valence-electron chi connectivity index (χ2n) is 10.6. The first kappa shape index (κ1) is 32.6. The van der Waals surface area contributed by atoms with Crippen LogP contribution >= 0.6 is 0 Å². The largest absolute Gasteiger partial charge is 0.388 e. The van der Waals surface area contributed by atoms with Crippen LogP contribution in [0.1, 0.15) is 41.4 Å². The van der Waals surface area contributed by atoms with Crippen LogP contribution < -0.4 is 26.1 Å². The maximum atomic E-state index is 13.2. The topological polar surface area (TPSA) is 154 Å². The van der Waals surface area contributed by atoms with Crippen LogP contribution in [0.5, 0.6) is 0 Å². The Morgan fingerprint density at radius 2 is 1.82 bits per heavy atom. The summed E-state index contributed by atoms with van der Waals surface area (Å²) in [5.74, 6) is -0.539. The van der Waals surface area contributed by atoms with E-state index >= 15 is 0 Å². The van der Waals surface area contributed by atoms with E-state index in [1.807, 2.05) is 37.2 Å². The van der Waals surface area contributed by atoms with Crippen molar-refractivity contribution < 1.29 is 18.8 Å². The Hall–Kier alpha value is -5.33. The Labute approximate surface area is 261 Å². The minimum absolute atomic E-state index is 0.105. The summed E-state index contributed by atoms with van der Waals surface area (Å²) in [5.41, 5.74) is 2.68. The van der Waals surface area contributed by atoms with Gasteiger partial charge in [0.05, 0.1) is 22.2 Å². The molecule has 13 nitrogen and oxygen atoms in total. The third kappa shape index (κ3) is 7.99. The fourth-order valence-electron chi connectivity index (χ4n) is 4.75. The lowest BCUT2D eigenvalue weighted by molar-refractivity contribution is -0.116. The van der Waals surface area contributed by atoms with Crippen molar-refractivity contribution in [1.29, 1.82) is 0 Å². The van der Waals surface area contributed by atoms with Crippen molar-refractivity contribution in [1.82, 2.24) is 25.2 Å². The number of urea groups is 1. The van der Waals surface area contributed by atoms with Crippen LogP contribution in [-0.2, 0) is 11.2 Å². The number of hydrogen-bond donors (Lipinski definition) is 2. The van der Waals surface area contributed by atoms with E-state index in [9.17, 15) is 19.2 Å². The van der Waals surface area contributed by atoms with Gasteiger partial charge in [-0.25, -0.2) is 14.5 Å². The molecule has 0 aliphatic carbocycles. The van der Waals surface area contributed by atoms with Crippen molar-refractivity contribution in [2.24, 2.45) is 0 Å². The van der Waals surface area contributed by atoms with Gasteiger partial charge in [-0.3, -0.25) is 19.6 Å². The number of benzene rings is 1. The number of nitrogens with one attached hydrogen (secondary N) is 2. The zero-order valence-corrected chi connectivity index (χ0v) is 26.2. The third-order valence-corrected chi connectivity index (χ3v) is 7.25. The lowest BCUT2D eigenvalue weighted by Gasteiger charge is -2.25. The maximum Gasteiger partial charge on any atom is 0.348 e. The molecule has 45 heavy (non-hydrogen) atoms. The van der Waals surface area contributed by atoms with Gasteiger partial charge in [-0.05, 0) is 56.2 Å². The predicted octanol–water partition coefficient (Wildman–Crippen LogP) is 3.62. The highest BCUT2D eigenvalue weighted by atomic mass is 16.4. The van der Waals surface area contributed by atoms with Gasteiger partial charge in [0.15, 0.2) is 0 Å². The van der Waals surface area contributed by atoms with Gasteiger partial charge >= 0.3 is 17.7 Å². The lowest BCUT2D eigenvalue weighted by Crippen LogP contribution is -2.42. The third-order valence-electron chi connectivity index (χ3n) is 7.25. The molecule has 0 aliphatic rings. The van der Waals surface area contributed by atoms with Gasteiger partial charge in [0, 0.05) is 83.6 Å². The standard InChI is InChI=1S/C32H38N8O5/c1-6-40(32(44)39(5)19-15-22-10-7-8-16-34-22)31-37-25-13-12-24(21(2)28(25)30(43)45-31)36-27(41)11-9-17-35-29(42)23-20-33-18-14-26(23)38(3)4/h7-8,10,12-14,16,18,20H,6,9,11,15,17,19H2,1-5H3,(H,35,42)(H,36,41). The number of fused-ring (bicyclic) bond motifs is 1. The molecule has 13 heteroatoms. The highest BCUT2D eigenvalue weighted by Crippen LogP contribution is 2.25. The molecule has 0 atom stereocenters. The summed E-state index contributed by atoms with van der Waals surface area (Å²) < 4.78 is 5.52.